The molecule has 110 valence electrons. The van der Waals surface area contributed by atoms with Crippen molar-refractivity contribution < 1.29 is 0 Å². The zero-order valence-corrected chi connectivity index (χ0v) is 13.2. The van der Waals surface area contributed by atoms with Gasteiger partial charge in [0.25, 0.3) is 0 Å². The first-order valence-corrected chi connectivity index (χ1v) is 8.13. The lowest BCUT2D eigenvalue weighted by molar-refractivity contribution is 0.403. The third kappa shape index (κ3) is 4.69. The molecule has 1 heterocycles. The molecule has 0 radical (unpaired) electrons. The van der Waals surface area contributed by atoms with Gasteiger partial charge >= 0.3 is 5.69 Å². The number of aromatic nitrogens is 3. The zero-order chi connectivity index (χ0) is 14.3. The molecular weight excluding hydrogens is 260 g/mol. The number of aromatic amines is 1. The van der Waals surface area contributed by atoms with Crippen LogP contribution in [0.25, 0.3) is 0 Å². The molecule has 1 rings (SSSR count). The second-order valence-corrected chi connectivity index (χ2v) is 5.81. The quantitative estimate of drug-likeness (QED) is 0.682. The van der Waals surface area contributed by atoms with Gasteiger partial charge in [-0.3, -0.25) is 4.57 Å². The Morgan fingerprint density at radius 1 is 1.42 bits per heavy atom. The number of H-pyrrole nitrogens is 1. The van der Waals surface area contributed by atoms with Gasteiger partial charge in [-0.2, -0.15) is 0 Å². The fourth-order valence-electron chi connectivity index (χ4n) is 1.97. The SMILES string of the molecule is CCCn1c(SCC(NCC)C(C)CC)n[nH]c1=O. The molecule has 0 saturated heterocycles. The summed E-state index contributed by atoms with van der Waals surface area (Å²) in [5.41, 5.74) is -0.104. The van der Waals surface area contributed by atoms with E-state index in [0.29, 0.717) is 12.0 Å². The number of rotatable bonds is 9. The van der Waals surface area contributed by atoms with E-state index >= 15 is 0 Å². The van der Waals surface area contributed by atoms with Crippen molar-refractivity contribution in [1.82, 2.24) is 20.1 Å². The highest BCUT2D eigenvalue weighted by atomic mass is 32.2. The van der Waals surface area contributed by atoms with Gasteiger partial charge in [0.15, 0.2) is 5.16 Å². The summed E-state index contributed by atoms with van der Waals surface area (Å²) in [7, 11) is 0. The second-order valence-electron chi connectivity index (χ2n) is 4.82. The van der Waals surface area contributed by atoms with E-state index in [2.05, 4.69) is 43.2 Å². The van der Waals surface area contributed by atoms with Gasteiger partial charge in [-0.25, -0.2) is 9.89 Å². The molecule has 0 amide bonds. The molecule has 0 saturated carbocycles. The molecule has 6 heteroatoms. The Morgan fingerprint density at radius 2 is 2.16 bits per heavy atom. The lowest BCUT2D eigenvalue weighted by Gasteiger charge is -2.23. The first-order valence-electron chi connectivity index (χ1n) is 7.15. The van der Waals surface area contributed by atoms with Gasteiger partial charge in [-0.1, -0.05) is 45.9 Å². The Morgan fingerprint density at radius 3 is 2.74 bits per heavy atom. The highest BCUT2D eigenvalue weighted by Crippen LogP contribution is 2.19. The number of hydrogen-bond acceptors (Lipinski definition) is 4. The maximum atomic E-state index is 11.6. The summed E-state index contributed by atoms with van der Waals surface area (Å²) in [6.07, 6.45) is 2.09. The van der Waals surface area contributed by atoms with Crippen LogP contribution in [0.1, 0.15) is 40.5 Å². The first kappa shape index (κ1) is 16.3. The predicted molar refractivity (Wildman–Crippen MR) is 80.8 cm³/mol. The van der Waals surface area contributed by atoms with E-state index in [4.69, 9.17) is 0 Å². The van der Waals surface area contributed by atoms with Crippen molar-refractivity contribution in [3.63, 3.8) is 0 Å². The number of nitrogens with one attached hydrogen (secondary N) is 2. The zero-order valence-electron chi connectivity index (χ0n) is 12.4. The van der Waals surface area contributed by atoms with Crippen LogP contribution in [0, 0.1) is 5.92 Å². The van der Waals surface area contributed by atoms with Crippen molar-refractivity contribution in [2.24, 2.45) is 5.92 Å². The average molecular weight is 286 g/mol. The van der Waals surface area contributed by atoms with Crippen LogP contribution in [0.2, 0.25) is 0 Å². The maximum absolute atomic E-state index is 11.6. The topological polar surface area (TPSA) is 62.7 Å². The second kappa shape index (κ2) is 8.43. The van der Waals surface area contributed by atoms with Crippen LogP contribution in [0.4, 0.5) is 0 Å². The van der Waals surface area contributed by atoms with E-state index in [9.17, 15) is 4.79 Å². The Hall–Kier alpha value is -0.750. The van der Waals surface area contributed by atoms with Crippen molar-refractivity contribution >= 4 is 11.8 Å². The molecule has 19 heavy (non-hydrogen) atoms. The van der Waals surface area contributed by atoms with Crippen LogP contribution in [-0.2, 0) is 6.54 Å². The molecule has 0 aliphatic carbocycles. The minimum atomic E-state index is -0.104. The van der Waals surface area contributed by atoms with Gasteiger partial charge in [-0.15, -0.1) is 5.10 Å². The molecule has 0 aromatic carbocycles. The van der Waals surface area contributed by atoms with Crippen LogP contribution in [0.5, 0.6) is 0 Å². The maximum Gasteiger partial charge on any atom is 0.343 e. The van der Waals surface area contributed by atoms with E-state index in [1.165, 1.54) is 0 Å². The molecule has 0 spiro atoms. The van der Waals surface area contributed by atoms with Crippen molar-refractivity contribution in [1.29, 1.82) is 0 Å². The summed E-state index contributed by atoms with van der Waals surface area (Å²) in [5.74, 6) is 1.56. The average Bonchev–Trinajstić information content (AvgIpc) is 2.75. The summed E-state index contributed by atoms with van der Waals surface area (Å²) in [4.78, 5) is 11.6. The van der Waals surface area contributed by atoms with Gasteiger partial charge < -0.3 is 5.32 Å². The highest BCUT2D eigenvalue weighted by Gasteiger charge is 2.17. The molecule has 2 unspecified atom stereocenters. The Bertz CT molecular complexity index is 415. The normalized spacial score (nSPS) is 14.5. The third-order valence-corrected chi connectivity index (χ3v) is 4.46. The predicted octanol–water partition coefficient (Wildman–Crippen LogP) is 2.10. The third-order valence-electron chi connectivity index (χ3n) is 3.36. The van der Waals surface area contributed by atoms with E-state index in [1.54, 1.807) is 16.3 Å². The largest absolute Gasteiger partial charge is 0.343 e. The van der Waals surface area contributed by atoms with Crippen LogP contribution in [-0.4, -0.2) is 33.1 Å². The molecule has 5 nitrogen and oxygen atoms in total. The monoisotopic (exact) mass is 286 g/mol. The van der Waals surface area contributed by atoms with Gasteiger partial charge in [-0.05, 0) is 18.9 Å². The molecule has 0 bridgehead atoms. The minimum Gasteiger partial charge on any atom is -0.313 e. The standard InChI is InChI=1S/C13H26N4OS/c1-5-8-17-12(18)15-16-13(17)19-9-11(14-7-3)10(4)6-2/h10-11,14H,5-9H2,1-4H3,(H,15,18). The highest BCUT2D eigenvalue weighted by molar-refractivity contribution is 7.99. The molecule has 0 aliphatic rings. The number of hydrogen-bond donors (Lipinski definition) is 2. The van der Waals surface area contributed by atoms with E-state index < -0.39 is 0 Å². The first-order chi connectivity index (χ1) is 9.13. The summed E-state index contributed by atoms with van der Waals surface area (Å²) < 4.78 is 1.73. The fraction of sp³-hybridized carbons (Fsp3) is 0.846. The number of thioether (sulfide) groups is 1. The molecule has 2 N–H and O–H groups in total. The van der Waals surface area contributed by atoms with Gasteiger partial charge in [0.05, 0.1) is 0 Å². The molecule has 1 aromatic heterocycles. The van der Waals surface area contributed by atoms with Gasteiger partial charge in [0.1, 0.15) is 0 Å². The molecule has 0 fully saturated rings. The van der Waals surface area contributed by atoms with Crippen molar-refractivity contribution in [2.75, 3.05) is 12.3 Å². The molecule has 2 atom stereocenters. The Balaban J connectivity index is 2.65. The lowest BCUT2D eigenvalue weighted by Crippen LogP contribution is -2.37. The fourth-order valence-corrected chi connectivity index (χ4v) is 3.18. The number of nitrogens with zero attached hydrogens (tertiary/aromatic N) is 2. The van der Waals surface area contributed by atoms with Gasteiger partial charge in [0.2, 0.25) is 0 Å². The minimum absolute atomic E-state index is 0.104. The van der Waals surface area contributed by atoms with Crippen LogP contribution >= 0.6 is 11.8 Å². The van der Waals surface area contributed by atoms with E-state index in [-0.39, 0.29) is 5.69 Å². The molecule has 1 aromatic rings. The van der Waals surface area contributed by atoms with Crippen molar-refractivity contribution in [3.05, 3.63) is 10.5 Å². The lowest BCUT2D eigenvalue weighted by atomic mass is 10.0. The van der Waals surface area contributed by atoms with Crippen LogP contribution in [0.3, 0.4) is 0 Å². The van der Waals surface area contributed by atoms with Crippen LogP contribution in [0.15, 0.2) is 9.95 Å². The van der Waals surface area contributed by atoms with Gasteiger partial charge in [0, 0.05) is 18.3 Å². The van der Waals surface area contributed by atoms with Crippen molar-refractivity contribution in [3.8, 4) is 0 Å². The van der Waals surface area contributed by atoms with E-state index in [1.807, 2.05) is 0 Å². The Kier molecular flexibility index (Phi) is 7.23. The molecular formula is C13H26N4OS. The summed E-state index contributed by atoms with van der Waals surface area (Å²) >= 11 is 1.66. The summed E-state index contributed by atoms with van der Waals surface area (Å²) in [6.45, 7) is 10.4. The van der Waals surface area contributed by atoms with Crippen molar-refractivity contribution in [2.45, 2.75) is 58.3 Å². The summed E-state index contributed by atoms with van der Waals surface area (Å²) in [5, 5.41) is 11.0. The van der Waals surface area contributed by atoms with Crippen LogP contribution < -0.4 is 11.0 Å². The summed E-state index contributed by atoms with van der Waals surface area (Å²) in [6, 6.07) is 0.460. The smallest absolute Gasteiger partial charge is 0.313 e. The molecule has 0 aliphatic heterocycles. The Labute approximate surface area is 119 Å². The van der Waals surface area contributed by atoms with E-state index in [0.717, 1.165) is 36.8 Å².